The standard InChI is InChI=1S/C16H34N4O2S2/c1-14(6-7-16(2,3)4)19-15(17-5)18-8-13-24(21,22)20-9-11-23-12-10-20/h14H,6-13H2,1-5H3,(H2,17,18,19). The van der Waals surface area contributed by atoms with Gasteiger partial charge in [-0.2, -0.15) is 11.8 Å². The highest BCUT2D eigenvalue weighted by Gasteiger charge is 2.23. The van der Waals surface area contributed by atoms with Crippen molar-refractivity contribution in [2.24, 2.45) is 10.4 Å². The van der Waals surface area contributed by atoms with Gasteiger partial charge in [0.05, 0.1) is 5.75 Å². The molecule has 1 aliphatic heterocycles. The van der Waals surface area contributed by atoms with Crippen molar-refractivity contribution < 1.29 is 8.42 Å². The smallest absolute Gasteiger partial charge is 0.215 e. The van der Waals surface area contributed by atoms with Gasteiger partial charge in [-0.25, -0.2) is 12.7 Å². The van der Waals surface area contributed by atoms with Crippen molar-refractivity contribution in [1.82, 2.24) is 14.9 Å². The van der Waals surface area contributed by atoms with Crippen LogP contribution in [0.3, 0.4) is 0 Å². The number of nitrogens with one attached hydrogen (secondary N) is 2. The lowest BCUT2D eigenvalue weighted by atomic mass is 9.89. The summed E-state index contributed by atoms with van der Waals surface area (Å²) in [5.74, 6) is 2.55. The molecule has 1 saturated heterocycles. The summed E-state index contributed by atoms with van der Waals surface area (Å²) in [6.45, 7) is 10.5. The van der Waals surface area contributed by atoms with E-state index in [-0.39, 0.29) is 5.75 Å². The van der Waals surface area contributed by atoms with Crippen molar-refractivity contribution in [2.75, 3.05) is 43.9 Å². The van der Waals surface area contributed by atoms with Crippen molar-refractivity contribution >= 4 is 27.7 Å². The third-order valence-corrected chi connectivity index (χ3v) is 6.76. The molecule has 1 fully saturated rings. The van der Waals surface area contributed by atoms with Crippen LogP contribution in [0.5, 0.6) is 0 Å². The molecule has 0 aliphatic carbocycles. The fraction of sp³-hybridized carbons (Fsp3) is 0.938. The summed E-state index contributed by atoms with van der Waals surface area (Å²) in [5.41, 5.74) is 0.313. The molecule has 0 aromatic carbocycles. The first-order chi connectivity index (χ1) is 11.1. The first-order valence-electron chi connectivity index (χ1n) is 8.67. The van der Waals surface area contributed by atoms with E-state index in [2.05, 4.69) is 43.3 Å². The minimum Gasteiger partial charge on any atom is -0.355 e. The molecule has 1 heterocycles. The zero-order valence-corrected chi connectivity index (χ0v) is 17.4. The van der Waals surface area contributed by atoms with Crippen LogP contribution < -0.4 is 10.6 Å². The number of thioether (sulfide) groups is 1. The second kappa shape index (κ2) is 9.87. The summed E-state index contributed by atoms with van der Waals surface area (Å²) in [5, 5.41) is 6.45. The van der Waals surface area contributed by atoms with Crippen LogP contribution in [0.2, 0.25) is 0 Å². The molecule has 0 spiro atoms. The lowest BCUT2D eigenvalue weighted by Gasteiger charge is -2.26. The Kier molecular flexibility index (Phi) is 8.87. The SMILES string of the molecule is CN=C(NCCS(=O)(=O)N1CCSCC1)NC(C)CCC(C)(C)C. The molecular weight excluding hydrogens is 344 g/mol. The molecule has 24 heavy (non-hydrogen) atoms. The van der Waals surface area contributed by atoms with Crippen molar-refractivity contribution in [2.45, 2.75) is 46.6 Å². The molecule has 0 radical (unpaired) electrons. The largest absolute Gasteiger partial charge is 0.355 e. The maximum absolute atomic E-state index is 12.3. The summed E-state index contributed by atoms with van der Waals surface area (Å²) in [6.07, 6.45) is 2.17. The maximum atomic E-state index is 12.3. The Labute approximate surface area is 152 Å². The van der Waals surface area contributed by atoms with Crippen LogP contribution in [0.15, 0.2) is 4.99 Å². The van der Waals surface area contributed by atoms with Crippen LogP contribution in [-0.2, 0) is 10.0 Å². The van der Waals surface area contributed by atoms with Crippen LogP contribution in [0.4, 0.5) is 0 Å². The van der Waals surface area contributed by atoms with E-state index in [0.29, 0.717) is 37.1 Å². The molecule has 1 aliphatic rings. The number of aliphatic imine (C=N–C) groups is 1. The van der Waals surface area contributed by atoms with Gasteiger partial charge in [-0.1, -0.05) is 20.8 Å². The van der Waals surface area contributed by atoms with E-state index in [4.69, 9.17) is 0 Å². The Hall–Kier alpha value is -0.470. The van der Waals surface area contributed by atoms with E-state index in [1.54, 1.807) is 11.4 Å². The molecule has 8 heteroatoms. The average molecular weight is 379 g/mol. The van der Waals surface area contributed by atoms with Crippen LogP contribution in [0.25, 0.3) is 0 Å². The highest BCUT2D eigenvalue weighted by Crippen LogP contribution is 2.21. The summed E-state index contributed by atoms with van der Waals surface area (Å²) in [7, 11) is -1.46. The van der Waals surface area contributed by atoms with Gasteiger partial charge in [-0.15, -0.1) is 0 Å². The molecule has 1 unspecified atom stereocenters. The van der Waals surface area contributed by atoms with Gasteiger partial charge in [0.2, 0.25) is 10.0 Å². The minimum absolute atomic E-state index is 0.106. The maximum Gasteiger partial charge on any atom is 0.215 e. The molecule has 2 N–H and O–H groups in total. The second-order valence-corrected chi connectivity index (χ2v) is 10.8. The zero-order valence-electron chi connectivity index (χ0n) is 15.8. The van der Waals surface area contributed by atoms with E-state index in [9.17, 15) is 8.42 Å². The Balaban J connectivity index is 2.35. The van der Waals surface area contributed by atoms with E-state index in [1.807, 2.05) is 11.8 Å². The quantitative estimate of drug-likeness (QED) is 0.521. The number of hydrogen-bond donors (Lipinski definition) is 2. The van der Waals surface area contributed by atoms with Gasteiger partial charge in [-0.3, -0.25) is 4.99 Å². The minimum atomic E-state index is -3.17. The van der Waals surface area contributed by atoms with E-state index < -0.39 is 10.0 Å². The third-order valence-electron chi connectivity index (χ3n) is 3.95. The first-order valence-corrected chi connectivity index (χ1v) is 11.4. The third kappa shape index (κ3) is 8.58. The van der Waals surface area contributed by atoms with Crippen molar-refractivity contribution in [3.8, 4) is 0 Å². The molecule has 0 bridgehead atoms. The number of rotatable bonds is 7. The van der Waals surface area contributed by atoms with Crippen molar-refractivity contribution in [1.29, 1.82) is 0 Å². The lowest BCUT2D eigenvalue weighted by molar-refractivity contribution is 0.346. The van der Waals surface area contributed by atoms with Gasteiger partial charge in [0, 0.05) is 44.2 Å². The van der Waals surface area contributed by atoms with E-state index >= 15 is 0 Å². The predicted molar refractivity (Wildman–Crippen MR) is 105 cm³/mol. The molecule has 1 atom stereocenters. The van der Waals surface area contributed by atoms with Gasteiger partial charge in [0.15, 0.2) is 5.96 Å². The molecular formula is C16H34N4O2S2. The van der Waals surface area contributed by atoms with E-state index in [0.717, 1.165) is 24.3 Å². The first kappa shape index (κ1) is 21.6. The van der Waals surface area contributed by atoms with Crippen LogP contribution in [0.1, 0.15) is 40.5 Å². The topological polar surface area (TPSA) is 73.8 Å². The molecule has 0 saturated carbocycles. The van der Waals surface area contributed by atoms with Gasteiger partial charge in [0.1, 0.15) is 0 Å². The van der Waals surface area contributed by atoms with Crippen molar-refractivity contribution in [3.05, 3.63) is 0 Å². The average Bonchev–Trinajstić information content (AvgIpc) is 2.52. The highest BCUT2D eigenvalue weighted by atomic mass is 32.2. The van der Waals surface area contributed by atoms with Crippen LogP contribution in [-0.4, -0.2) is 68.7 Å². The summed E-state index contributed by atoms with van der Waals surface area (Å²) in [4.78, 5) is 4.19. The monoisotopic (exact) mass is 378 g/mol. The number of hydrogen-bond acceptors (Lipinski definition) is 4. The number of guanidine groups is 1. The van der Waals surface area contributed by atoms with Gasteiger partial charge >= 0.3 is 0 Å². The molecule has 0 amide bonds. The molecule has 0 aromatic heterocycles. The van der Waals surface area contributed by atoms with Crippen molar-refractivity contribution in [3.63, 3.8) is 0 Å². The Morgan fingerprint density at radius 1 is 1.29 bits per heavy atom. The van der Waals surface area contributed by atoms with Gasteiger partial charge in [-0.05, 0) is 25.2 Å². The summed E-state index contributed by atoms with van der Waals surface area (Å²) < 4.78 is 26.2. The number of nitrogens with zero attached hydrogens (tertiary/aromatic N) is 2. The fourth-order valence-electron chi connectivity index (χ4n) is 2.40. The lowest BCUT2D eigenvalue weighted by Crippen LogP contribution is -2.46. The molecule has 142 valence electrons. The Morgan fingerprint density at radius 3 is 2.46 bits per heavy atom. The number of sulfonamides is 1. The summed E-state index contributed by atoms with van der Waals surface area (Å²) >= 11 is 1.81. The van der Waals surface area contributed by atoms with Crippen LogP contribution >= 0.6 is 11.8 Å². The Morgan fingerprint density at radius 2 is 1.92 bits per heavy atom. The normalized spacial score (nSPS) is 19.1. The van der Waals surface area contributed by atoms with Crippen LogP contribution in [0, 0.1) is 5.41 Å². The highest BCUT2D eigenvalue weighted by molar-refractivity contribution is 7.99. The molecule has 6 nitrogen and oxygen atoms in total. The Bertz CT molecular complexity index is 495. The van der Waals surface area contributed by atoms with E-state index in [1.165, 1.54) is 0 Å². The van der Waals surface area contributed by atoms with Gasteiger partial charge < -0.3 is 10.6 Å². The van der Waals surface area contributed by atoms with Gasteiger partial charge in [0.25, 0.3) is 0 Å². The molecule has 0 aromatic rings. The summed E-state index contributed by atoms with van der Waals surface area (Å²) in [6, 6.07) is 0.297. The molecule has 1 rings (SSSR count). The predicted octanol–water partition coefficient (Wildman–Crippen LogP) is 1.74. The second-order valence-electron chi connectivity index (χ2n) is 7.47. The zero-order chi connectivity index (χ0) is 18.2. The fourth-order valence-corrected chi connectivity index (χ4v) is 4.89.